The van der Waals surface area contributed by atoms with Gasteiger partial charge < -0.3 is 4.42 Å². The summed E-state index contributed by atoms with van der Waals surface area (Å²) < 4.78 is 6.36. The van der Waals surface area contributed by atoms with Crippen LogP contribution in [0.2, 0.25) is 0 Å². The highest BCUT2D eigenvalue weighted by molar-refractivity contribution is 6.21. The zero-order chi connectivity index (χ0) is 28.3. The van der Waals surface area contributed by atoms with Crippen molar-refractivity contribution in [1.29, 1.82) is 0 Å². The van der Waals surface area contributed by atoms with Crippen LogP contribution in [0.25, 0.3) is 89.0 Å². The summed E-state index contributed by atoms with van der Waals surface area (Å²) in [5.74, 6) is 0. The molecule has 0 radical (unpaired) electrons. The van der Waals surface area contributed by atoms with Gasteiger partial charge in [0.1, 0.15) is 11.2 Å². The monoisotopic (exact) mass is 548 g/mol. The van der Waals surface area contributed by atoms with Crippen molar-refractivity contribution in [3.63, 3.8) is 0 Å². The summed E-state index contributed by atoms with van der Waals surface area (Å²) in [4.78, 5) is 0. The lowest BCUT2D eigenvalue weighted by Crippen LogP contribution is -2.28. The molecule has 1 heterocycles. The number of hydrogen-bond donors (Lipinski definition) is 0. The van der Waals surface area contributed by atoms with Crippen molar-refractivity contribution < 1.29 is 4.42 Å². The van der Waals surface area contributed by atoms with Crippen LogP contribution in [0.15, 0.2) is 138 Å². The van der Waals surface area contributed by atoms with E-state index in [0.29, 0.717) is 0 Å². The van der Waals surface area contributed by atoms with Crippen LogP contribution in [0.1, 0.15) is 12.8 Å². The van der Waals surface area contributed by atoms with Gasteiger partial charge >= 0.3 is 0 Å². The van der Waals surface area contributed by atoms with Crippen molar-refractivity contribution in [1.82, 2.24) is 0 Å². The first-order valence-corrected chi connectivity index (χ1v) is 15.1. The molecule has 0 bridgehead atoms. The Balaban J connectivity index is 1.27. The number of para-hydroxylation sites is 2. The molecule has 0 atom stereocenters. The van der Waals surface area contributed by atoms with E-state index in [1.165, 1.54) is 54.2 Å². The maximum absolute atomic E-state index is 6.36. The Labute approximate surface area is 249 Å². The molecule has 0 saturated heterocycles. The highest BCUT2D eigenvalue weighted by atomic mass is 16.3. The fourth-order valence-corrected chi connectivity index (χ4v) is 7.19. The van der Waals surface area contributed by atoms with Crippen LogP contribution in [0.3, 0.4) is 0 Å². The third-order valence-corrected chi connectivity index (χ3v) is 9.11. The highest BCUT2D eigenvalue weighted by Crippen LogP contribution is 2.43. The van der Waals surface area contributed by atoms with Crippen LogP contribution < -0.4 is 10.4 Å². The van der Waals surface area contributed by atoms with E-state index in [2.05, 4.69) is 133 Å². The second-order valence-corrected chi connectivity index (χ2v) is 11.5. The Bertz CT molecular complexity index is 2440. The van der Waals surface area contributed by atoms with Gasteiger partial charge in [-0.1, -0.05) is 140 Å². The Hall–Kier alpha value is -5.40. The van der Waals surface area contributed by atoms with E-state index in [4.69, 9.17) is 4.42 Å². The Morgan fingerprint density at radius 3 is 1.70 bits per heavy atom. The molecule has 9 rings (SSSR count). The molecule has 43 heavy (non-hydrogen) atoms. The SMILES string of the molecule is C1=c2cccc(-c3c4ccccc4c(-c4ccc(-c5cccc6c5oc5ccccc56)cc4)c4ccccc34)c2=CCC1. The average molecular weight is 549 g/mol. The van der Waals surface area contributed by atoms with Crippen LogP contribution in [0, 0.1) is 0 Å². The predicted molar refractivity (Wildman–Crippen MR) is 182 cm³/mol. The standard InChI is InChI=1S/C42H28O/c1-2-13-30-27(11-1)12-9-20-33(30)41-36-17-5-3-15-34(36)40(35-16-4-6-18-37(35)41)29-25-23-28(24-26-29)31-19-10-21-38-32-14-7-8-22-39(32)43-42(31)38/h3-26H,1-2H2. The minimum atomic E-state index is 0.926. The molecule has 1 aliphatic carbocycles. The molecule has 7 aromatic carbocycles. The number of fused-ring (bicyclic) bond motifs is 6. The van der Waals surface area contributed by atoms with Gasteiger partial charge in [0.15, 0.2) is 0 Å². The van der Waals surface area contributed by atoms with Crippen LogP contribution >= 0.6 is 0 Å². The summed E-state index contributed by atoms with van der Waals surface area (Å²) >= 11 is 0. The maximum Gasteiger partial charge on any atom is 0.143 e. The topological polar surface area (TPSA) is 13.1 Å². The third-order valence-electron chi connectivity index (χ3n) is 9.11. The maximum atomic E-state index is 6.36. The molecule has 202 valence electrons. The molecular weight excluding hydrogens is 520 g/mol. The summed E-state index contributed by atoms with van der Waals surface area (Å²) in [7, 11) is 0. The molecule has 0 fully saturated rings. The van der Waals surface area contributed by atoms with Gasteiger partial charge in [0.25, 0.3) is 0 Å². The van der Waals surface area contributed by atoms with Crippen molar-refractivity contribution in [3.05, 3.63) is 144 Å². The van der Waals surface area contributed by atoms with E-state index in [1.54, 1.807) is 0 Å². The number of rotatable bonds is 3. The molecule has 1 aromatic heterocycles. The molecule has 0 amide bonds. The van der Waals surface area contributed by atoms with Gasteiger partial charge in [-0.3, -0.25) is 0 Å². The highest BCUT2D eigenvalue weighted by Gasteiger charge is 2.18. The molecule has 1 aliphatic rings. The van der Waals surface area contributed by atoms with Gasteiger partial charge in [0.2, 0.25) is 0 Å². The molecule has 0 aliphatic heterocycles. The lowest BCUT2D eigenvalue weighted by molar-refractivity contribution is 0.670. The second kappa shape index (κ2) is 9.58. The molecule has 0 N–H and O–H groups in total. The van der Waals surface area contributed by atoms with E-state index in [-0.39, 0.29) is 0 Å². The van der Waals surface area contributed by atoms with Gasteiger partial charge in [-0.25, -0.2) is 0 Å². The Morgan fingerprint density at radius 1 is 0.395 bits per heavy atom. The minimum Gasteiger partial charge on any atom is -0.455 e. The van der Waals surface area contributed by atoms with E-state index in [9.17, 15) is 0 Å². The first-order chi connectivity index (χ1) is 21.3. The van der Waals surface area contributed by atoms with Crippen molar-refractivity contribution in [3.8, 4) is 33.4 Å². The summed E-state index contributed by atoms with van der Waals surface area (Å²) in [5.41, 5.74) is 9.28. The van der Waals surface area contributed by atoms with E-state index >= 15 is 0 Å². The quantitative estimate of drug-likeness (QED) is 0.200. The summed E-state index contributed by atoms with van der Waals surface area (Å²) in [6.07, 6.45) is 7.00. The van der Waals surface area contributed by atoms with E-state index in [0.717, 1.165) is 45.9 Å². The van der Waals surface area contributed by atoms with Crippen molar-refractivity contribution >= 4 is 55.6 Å². The van der Waals surface area contributed by atoms with Crippen molar-refractivity contribution in [2.24, 2.45) is 0 Å². The third kappa shape index (κ3) is 3.72. The molecule has 8 aromatic rings. The fraction of sp³-hybridized carbons (Fsp3) is 0.0476. The summed E-state index contributed by atoms with van der Waals surface area (Å²) in [6, 6.07) is 48.4. The lowest BCUT2D eigenvalue weighted by atomic mass is 9.84. The van der Waals surface area contributed by atoms with Crippen molar-refractivity contribution in [2.75, 3.05) is 0 Å². The van der Waals surface area contributed by atoms with Crippen LogP contribution in [0.5, 0.6) is 0 Å². The summed E-state index contributed by atoms with van der Waals surface area (Å²) in [6.45, 7) is 0. The normalized spacial score (nSPS) is 12.8. The van der Waals surface area contributed by atoms with Gasteiger partial charge in [-0.15, -0.1) is 0 Å². The van der Waals surface area contributed by atoms with Gasteiger partial charge in [-0.2, -0.15) is 0 Å². The average Bonchev–Trinajstić information content (AvgIpc) is 3.46. The first kappa shape index (κ1) is 24.2. The Morgan fingerprint density at radius 2 is 0.953 bits per heavy atom. The van der Waals surface area contributed by atoms with Crippen LogP contribution in [-0.2, 0) is 0 Å². The zero-order valence-corrected chi connectivity index (χ0v) is 23.7. The predicted octanol–water partition coefficient (Wildman–Crippen LogP) is 10.2. The fourth-order valence-electron chi connectivity index (χ4n) is 7.19. The largest absolute Gasteiger partial charge is 0.455 e. The first-order valence-electron chi connectivity index (χ1n) is 15.1. The molecule has 0 saturated carbocycles. The number of furan rings is 1. The Kier molecular flexibility index (Phi) is 5.39. The molecule has 0 spiro atoms. The smallest absolute Gasteiger partial charge is 0.143 e. The van der Waals surface area contributed by atoms with Crippen LogP contribution in [-0.4, -0.2) is 0 Å². The van der Waals surface area contributed by atoms with Gasteiger partial charge in [-0.05, 0) is 78.7 Å². The molecular formula is C42H28O. The van der Waals surface area contributed by atoms with Crippen molar-refractivity contribution in [2.45, 2.75) is 12.8 Å². The minimum absolute atomic E-state index is 0.926. The zero-order valence-electron chi connectivity index (χ0n) is 23.7. The molecule has 1 heteroatoms. The number of benzene rings is 7. The summed E-state index contributed by atoms with van der Waals surface area (Å²) in [5, 5.41) is 10.2. The second-order valence-electron chi connectivity index (χ2n) is 11.5. The van der Waals surface area contributed by atoms with Gasteiger partial charge in [0, 0.05) is 16.3 Å². The van der Waals surface area contributed by atoms with E-state index < -0.39 is 0 Å². The molecule has 1 nitrogen and oxygen atoms in total. The molecule has 0 unspecified atom stereocenters. The number of hydrogen-bond acceptors (Lipinski definition) is 1. The van der Waals surface area contributed by atoms with E-state index in [1.807, 2.05) is 12.1 Å². The lowest BCUT2D eigenvalue weighted by Gasteiger charge is -2.19. The van der Waals surface area contributed by atoms with Crippen LogP contribution in [0.4, 0.5) is 0 Å². The van der Waals surface area contributed by atoms with Gasteiger partial charge in [0.05, 0.1) is 0 Å².